The van der Waals surface area contributed by atoms with E-state index in [1.165, 1.54) is 13.8 Å². The van der Waals surface area contributed by atoms with Crippen LogP contribution in [0.15, 0.2) is 35.5 Å². The molecular formula is C32H48O10. The Morgan fingerprint density at radius 1 is 0.976 bits per heavy atom. The summed E-state index contributed by atoms with van der Waals surface area (Å²) in [6, 6.07) is 0. The predicted octanol–water partition coefficient (Wildman–Crippen LogP) is 4.53. The molecule has 10 nitrogen and oxygen atoms in total. The monoisotopic (exact) mass is 592 g/mol. The molecule has 1 saturated heterocycles. The third-order valence-electron chi connectivity index (χ3n) is 8.70. The van der Waals surface area contributed by atoms with Crippen molar-refractivity contribution < 1.29 is 48.0 Å². The molecule has 2 fully saturated rings. The maximum absolute atomic E-state index is 13.2. The van der Waals surface area contributed by atoms with E-state index in [0.717, 1.165) is 0 Å². The molecule has 1 saturated carbocycles. The lowest BCUT2D eigenvalue weighted by atomic mass is 9.74. The zero-order valence-corrected chi connectivity index (χ0v) is 26.6. The Hall–Kier alpha value is -2.98. The Morgan fingerprint density at radius 3 is 2.00 bits per heavy atom. The number of aliphatic hydroxyl groups is 1. The zero-order valence-electron chi connectivity index (χ0n) is 26.6. The summed E-state index contributed by atoms with van der Waals surface area (Å²) >= 11 is 0. The number of epoxide rings is 1. The number of rotatable bonds is 9. The molecule has 9 unspecified atom stereocenters. The number of aliphatic hydroxyl groups excluding tert-OH is 1. The van der Waals surface area contributed by atoms with E-state index in [2.05, 4.69) is 6.58 Å². The van der Waals surface area contributed by atoms with E-state index >= 15 is 0 Å². The fourth-order valence-corrected chi connectivity index (χ4v) is 5.09. The van der Waals surface area contributed by atoms with Gasteiger partial charge in [-0.15, -0.1) is 0 Å². The summed E-state index contributed by atoms with van der Waals surface area (Å²) in [5.74, 6) is -3.65. The molecular weight excluding hydrogens is 544 g/mol. The molecule has 9 atom stereocenters. The Morgan fingerprint density at radius 2 is 1.52 bits per heavy atom. The first kappa shape index (κ1) is 35.2. The second kappa shape index (κ2) is 14.0. The quantitative estimate of drug-likeness (QED) is 0.134. The van der Waals surface area contributed by atoms with E-state index in [0.29, 0.717) is 23.1 Å². The van der Waals surface area contributed by atoms with E-state index in [4.69, 9.17) is 23.7 Å². The number of carbonyl (C=O) groups is 4. The topological polar surface area (TPSA) is 138 Å². The van der Waals surface area contributed by atoms with Gasteiger partial charge >= 0.3 is 23.9 Å². The van der Waals surface area contributed by atoms with E-state index < -0.39 is 77.4 Å². The summed E-state index contributed by atoms with van der Waals surface area (Å²) in [6.07, 6.45) is -1.81. The predicted molar refractivity (Wildman–Crippen MR) is 155 cm³/mol. The van der Waals surface area contributed by atoms with Gasteiger partial charge in [0.1, 0.15) is 17.8 Å². The third kappa shape index (κ3) is 7.69. The van der Waals surface area contributed by atoms with Crippen molar-refractivity contribution in [1.29, 1.82) is 0 Å². The Kier molecular flexibility index (Phi) is 11.7. The number of fused-ring (bicyclic) bond motifs is 1. The van der Waals surface area contributed by atoms with Crippen molar-refractivity contribution in [2.75, 3.05) is 0 Å². The molecule has 0 radical (unpaired) electrons. The van der Waals surface area contributed by atoms with Crippen LogP contribution in [0, 0.1) is 11.8 Å². The molecule has 10 heteroatoms. The van der Waals surface area contributed by atoms with Gasteiger partial charge in [0.25, 0.3) is 0 Å². The molecule has 236 valence electrons. The van der Waals surface area contributed by atoms with Crippen molar-refractivity contribution in [2.45, 2.75) is 130 Å². The van der Waals surface area contributed by atoms with Crippen molar-refractivity contribution in [3.8, 4) is 0 Å². The van der Waals surface area contributed by atoms with Gasteiger partial charge in [0, 0.05) is 30.4 Å². The SMILES string of the molecule is C=C(C)C1CC(O)C(C)(OC(C)=O)C(OC(=O)C(C)=CC)CC2OC2(C)C(OC(=O)C(C)=CC)C1OC(=O)C(C)CC. The molecule has 2 aliphatic rings. The second-order valence-corrected chi connectivity index (χ2v) is 11.9. The molecule has 1 N–H and O–H groups in total. The maximum atomic E-state index is 13.2. The van der Waals surface area contributed by atoms with Gasteiger partial charge in [0.05, 0.1) is 18.1 Å². The maximum Gasteiger partial charge on any atom is 0.333 e. The Labute approximate surface area is 249 Å². The minimum absolute atomic E-state index is 0.000487. The minimum Gasteiger partial charge on any atom is -0.457 e. The Balaban J connectivity index is 2.76. The number of carbonyl (C=O) groups excluding carboxylic acids is 4. The highest BCUT2D eigenvalue weighted by molar-refractivity contribution is 5.88. The van der Waals surface area contributed by atoms with Crippen LogP contribution in [0.1, 0.15) is 88.5 Å². The Bertz CT molecular complexity index is 1120. The van der Waals surface area contributed by atoms with E-state index in [1.807, 2.05) is 6.92 Å². The molecule has 42 heavy (non-hydrogen) atoms. The van der Waals surface area contributed by atoms with Gasteiger partial charge < -0.3 is 28.8 Å². The van der Waals surface area contributed by atoms with Crippen LogP contribution in [-0.4, -0.2) is 70.7 Å². The first-order chi connectivity index (χ1) is 19.5. The van der Waals surface area contributed by atoms with Gasteiger partial charge in [0.2, 0.25) is 0 Å². The summed E-state index contributed by atoms with van der Waals surface area (Å²) in [6.45, 7) is 20.5. The van der Waals surface area contributed by atoms with Gasteiger partial charge in [-0.1, -0.05) is 38.2 Å². The fraction of sp³-hybridized carbons (Fsp3) is 0.688. The highest BCUT2D eigenvalue weighted by Gasteiger charge is 2.66. The van der Waals surface area contributed by atoms with E-state index in [1.54, 1.807) is 60.6 Å². The van der Waals surface area contributed by atoms with Crippen LogP contribution in [0.2, 0.25) is 0 Å². The van der Waals surface area contributed by atoms with Crippen LogP contribution in [0.25, 0.3) is 0 Å². The molecule has 0 spiro atoms. The van der Waals surface area contributed by atoms with Crippen LogP contribution in [0.4, 0.5) is 0 Å². The van der Waals surface area contributed by atoms with Gasteiger partial charge in [0.15, 0.2) is 11.7 Å². The number of hydrogen-bond acceptors (Lipinski definition) is 10. The highest BCUT2D eigenvalue weighted by atomic mass is 16.7. The van der Waals surface area contributed by atoms with Gasteiger partial charge in [-0.2, -0.15) is 0 Å². The number of ether oxygens (including phenoxy) is 5. The number of esters is 4. The zero-order chi connectivity index (χ0) is 32.2. The summed E-state index contributed by atoms with van der Waals surface area (Å²) in [5.41, 5.74) is -1.66. The highest BCUT2D eigenvalue weighted by Crippen LogP contribution is 2.50. The first-order valence-corrected chi connectivity index (χ1v) is 14.6. The summed E-state index contributed by atoms with van der Waals surface area (Å²) in [7, 11) is 0. The van der Waals surface area contributed by atoms with E-state index in [-0.39, 0.29) is 12.8 Å². The molecule has 1 heterocycles. The minimum atomic E-state index is -1.70. The summed E-state index contributed by atoms with van der Waals surface area (Å²) in [4.78, 5) is 51.6. The first-order valence-electron chi connectivity index (χ1n) is 14.6. The lowest BCUT2D eigenvalue weighted by Crippen LogP contribution is -2.58. The van der Waals surface area contributed by atoms with Gasteiger partial charge in [-0.25, -0.2) is 9.59 Å². The van der Waals surface area contributed by atoms with Crippen molar-refractivity contribution in [2.24, 2.45) is 11.8 Å². The normalized spacial score (nSPS) is 34.3. The molecule has 0 amide bonds. The van der Waals surface area contributed by atoms with Crippen molar-refractivity contribution in [3.63, 3.8) is 0 Å². The summed E-state index contributed by atoms with van der Waals surface area (Å²) < 4.78 is 29.9. The molecule has 1 aliphatic carbocycles. The van der Waals surface area contributed by atoms with Crippen molar-refractivity contribution in [3.05, 3.63) is 35.5 Å². The largest absolute Gasteiger partial charge is 0.457 e. The second-order valence-electron chi connectivity index (χ2n) is 11.9. The number of allylic oxidation sites excluding steroid dienone is 2. The standard InChI is InChI=1S/C32H48O10/c1-12-18(6)28(35)38-24-16-25-32(11,42-25)27(40-30(37)20(8)14-3)26(39-29(36)19(7)13-2)22(17(4)5)15-23(34)31(24,10)41-21(9)33/h12,14,19,22-27,34H,4,13,15-16H2,1-3,5-11H3. The smallest absolute Gasteiger partial charge is 0.333 e. The molecule has 1 aliphatic heterocycles. The third-order valence-corrected chi connectivity index (χ3v) is 8.70. The average Bonchev–Trinajstić information content (AvgIpc) is 3.59. The molecule has 0 aromatic heterocycles. The lowest BCUT2D eigenvalue weighted by Gasteiger charge is -2.43. The van der Waals surface area contributed by atoms with Crippen molar-refractivity contribution >= 4 is 23.9 Å². The molecule has 2 rings (SSSR count). The average molecular weight is 593 g/mol. The van der Waals surface area contributed by atoms with Crippen LogP contribution < -0.4 is 0 Å². The fourth-order valence-electron chi connectivity index (χ4n) is 5.09. The van der Waals surface area contributed by atoms with Crippen LogP contribution in [0.3, 0.4) is 0 Å². The molecule has 0 aromatic rings. The summed E-state index contributed by atoms with van der Waals surface area (Å²) in [5, 5.41) is 11.7. The van der Waals surface area contributed by atoms with Gasteiger partial charge in [-0.3, -0.25) is 9.59 Å². The van der Waals surface area contributed by atoms with E-state index in [9.17, 15) is 24.3 Å². The van der Waals surface area contributed by atoms with Gasteiger partial charge in [-0.05, 0) is 61.3 Å². The number of hydrogen-bond donors (Lipinski definition) is 1. The van der Waals surface area contributed by atoms with Crippen LogP contribution >= 0.6 is 0 Å². The van der Waals surface area contributed by atoms with Crippen LogP contribution in [-0.2, 0) is 42.9 Å². The lowest BCUT2D eigenvalue weighted by molar-refractivity contribution is -0.206. The molecule has 0 bridgehead atoms. The van der Waals surface area contributed by atoms with Crippen molar-refractivity contribution in [1.82, 2.24) is 0 Å². The van der Waals surface area contributed by atoms with Crippen LogP contribution in [0.5, 0.6) is 0 Å². The molecule has 0 aromatic carbocycles.